The second-order valence-electron chi connectivity index (χ2n) is 15.5. The highest BCUT2D eigenvalue weighted by molar-refractivity contribution is 9.10. The summed E-state index contributed by atoms with van der Waals surface area (Å²) < 4.78 is 13.5. The molecule has 4 aromatic carbocycles. The quantitative estimate of drug-likeness (QED) is 0.0625. The molecule has 290 valence electrons. The van der Waals surface area contributed by atoms with Crippen LogP contribution in [0.15, 0.2) is 100 Å². The molecule has 0 radical (unpaired) electrons. The van der Waals surface area contributed by atoms with E-state index in [9.17, 15) is 24.6 Å². The Morgan fingerprint density at radius 1 is 0.929 bits per heavy atom. The fraction of sp³-hybridized carbons (Fsp3) is 0.326. The van der Waals surface area contributed by atoms with Gasteiger partial charge in [-0.3, -0.25) is 14.9 Å². The first kappa shape index (κ1) is 37.9. The van der Waals surface area contributed by atoms with Crippen LogP contribution < -0.4 is 21.5 Å². The van der Waals surface area contributed by atoms with Crippen molar-refractivity contribution in [3.63, 3.8) is 0 Å². The van der Waals surface area contributed by atoms with Gasteiger partial charge in [0.1, 0.15) is 36.1 Å². The van der Waals surface area contributed by atoms with Crippen molar-refractivity contribution < 1.29 is 33.8 Å². The molecule has 0 unspecified atom stereocenters. The molecule has 0 aliphatic carbocycles. The highest BCUT2D eigenvalue weighted by atomic mass is 79.9. The van der Waals surface area contributed by atoms with Crippen LogP contribution in [0.3, 0.4) is 0 Å². The average molecular weight is 824 g/mol. The number of phenols is 1. The van der Waals surface area contributed by atoms with E-state index in [1.165, 1.54) is 12.1 Å². The van der Waals surface area contributed by atoms with Crippen LogP contribution in [0.25, 0.3) is 22.0 Å². The SMILES string of the molecule is C[N+]1(C)[C@@H]2C[C@@H](OC(=O)Nc3cc(CCC(=O)Nc4ccc(CNC[C@H](O)c5ccc(O)c6[nH]c(=O)ccc56)cc4Br)ccc3-c3ccccc3)C[C@H]1[C@@H]1O[C@@H]12. The summed E-state index contributed by atoms with van der Waals surface area (Å²) in [7, 11) is 4.50. The second kappa shape index (κ2) is 15.5. The monoisotopic (exact) mass is 822 g/mol. The number of hydrogen-bond acceptors (Lipinski definition) is 8. The van der Waals surface area contributed by atoms with Gasteiger partial charge in [-0.15, -0.1) is 0 Å². The third-order valence-electron chi connectivity index (χ3n) is 11.6. The predicted octanol–water partition coefficient (Wildman–Crippen LogP) is 6.36. The number of carbonyl (C=O) groups excluding carboxylic acids is 2. The largest absolute Gasteiger partial charge is 0.506 e. The summed E-state index contributed by atoms with van der Waals surface area (Å²) >= 11 is 3.58. The zero-order chi connectivity index (χ0) is 39.1. The third kappa shape index (κ3) is 7.82. The van der Waals surface area contributed by atoms with E-state index >= 15 is 0 Å². The zero-order valence-electron chi connectivity index (χ0n) is 31.1. The fourth-order valence-corrected chi connectivity index (χ4v) is 9.09. The molecule has 13 heteroatoms. The van der Waals surface area contributed by atoms with E-state index in [0.29, 0.717) is 47.4 Å². The van der Waals surface area contributed by atoms with E-state index in [-0.39, 0.29) is 54.0 Å². The van der Waals surface area contributed by atoms with Crippen LogP contribution in [0.1, 0.15) is 42.1 Å². The minimum absolute atomic E-state index is 0.0611. The number of nitrogens with one attached hydrogen (secondary N) is 4. The summed E-state index contributed by atoms with van der Waals surface area (Å²) in [5.41, 5.74) is 5.46. The van der Waals surface area contributed by atoms with Gasteiger partial charge in [-0.1, -0.05) is 54.6 Å². The van der Waals surface area contributed by atoms with Gasteiger partial charge in [-0.05, 0) is 74.9 Å². The number of phenolic OH excluding ortho intramolecular Hbond substituents is 1. The molecule has 6 N–H and O–H groups in total. The molecule has 2 bridgehead atoms. The number of piperidine rings is 1. The van der Waals surface area contributed by atoms with Gasteiger partial charge in [0.25, 0.3) is 0 Å². The number of carbonyl (C=O) groups is 2. The molecule has 4 heterocycles. The smallest absolute Gasteiger partial charge is 0.411 e. The topological polar surface area (TPSA) is 165 Å². The molecule has 0 spiro atoms. The fourth-order valence-electron chi connectivity index (χ4n) is 8.57. The lowest BCUT2D eigenvalue weighted by atomic mass is 9.96. The Balaban J connectivity index is 0.856. The van der Waals surface area contributed by atoms with E-state index < -0.39 is 12.2 Å². The second-order valence-corrected chi connectivity index (χ2v) is 16.3. The number of aliphatic hydroxyl groups excluding tert-OH is 1. The minimum Gasteiger partial charge on any atom is -0.506 e. The minimum atomic E-state index is -0.883. The van der Waals surface area contributed by atoms with Crippen molar-refractivity contribution >= 4 is 50.2 Å². The number of ether oxygens (including phenoxy) is 2. The first-order valence-corrected chi connectivity index (χ1v) is 19.7. The molecule has 12 nitrogen and oxygen atoms in total. The number of fused-ring (bicyclic) bond motifs is 6. The van der Waals surface area contributed by atoms with Crippen molar-refractivity contribution in [3.8, 4) is 16.9 Å². The van der Waals surface area contributed by atoms with Crippen molar-refractivity contribution in [2.24, 2.45) is 0 Å². The van der Waals surface area contributed by atoms with Crippen LogP contribution >= 0.6 is 15.9 Å². The number of aromatic amines is 1. The van der Waals surface area contributed by atoms with Crippen LogP contribution in [0.2, 0.25) is 0 Å². The lowest BCUT2D eigenvalue weighted by molar-refractivity contribution is -0.938. The number of rotatable bonds is 12. The number of aliphatic hydroxyl groups is 1. The number of hydrogen-bond donors (Lipinski definition) is 6. The lowest BCUT2D eigenvalue weighted by Crippen LogP contribution is -2.60. The van der Waals surface area contributed by atoms with Crippen LogP contribution in [0.5, 0.6) is 5.75 Å². The number of aryl methyl sites for hydroxylation is 1. The maximum Gasteiger partial charge on any atom is 0.411 e. The summed E-state index contributed by atoms with van der Waals surface area (Å²) in [5, 5.41) is 30.9. The standard InChI is InChI=1S/C43H44BrN5O7/c1-49(2)34-20-27(21-35(49)42-41(34)56-42)55-43(54)47-33-19-24(8-11-28(33)26-6-4-3-5-7-26)10-16-38(52)46-32-14-9-25(18-31(32)44)22-45-23-37(51)29-12-15-36(50)40-30(29)13-17-39(53)48-40/h3-9,11-15,17-19,27,34-35,37,41-42,45,51H,10,16,20-23H2,1-2H3,(H3-,46,47,48,50,52,53,54)/p+1/t27-,34-,35+,37-,41-,42+/m0/s1. The van der Waals surface area contributed by atoms with Gasteiger partial charge in [0, 0.05) is 53.8 Å². The number of quaternary nitrogens is 1. The first-order valence-electron chi connectivity index (χ1n) is 18.9. The van der Waals surface area contributed by atoms with E-state index in [2.05, 4.69) is 51.0 Å². The van der Waals surface area contributed by atoms with Crippen LogP contribution in [0.4, 0.5) is 16.2 Å². The molecule has 8 rings (SSSR count). The molecule has 5 aromatic rings. The van der Waals surface area contributed by atoms with Gasteiger partial charge < -0.3 is 39.8 Å². The van der Waals surface area contributed by atoms with E-state index in [1.54, 1.807) is 12.1 Å². The van der Waals surface area contributed by atoms with E-state index in [4.69, 9.17) is 9.47 Å². The molecule has 0 saturated carbocycles. The van der Waals surface area contributed by atoms with Crippen LogP contribution in [-0.2, 0) is 27.2 Å². The molecular weight excluding hydrogens is 778 g/mol. The van der Waals surface area contributed by atoms with Crippen molar-refractivity contribution in [1.29, 1.82) is 0 Å². The Bertz CT molecular complexity index is 2330. The number of aromatic hydroxyl groups is 1. The van der Waals surface area contributed by atoms with Crippen LogP contribution in [0, 0.1) is 0 Å². The number of pyridine rings is 1. The molecule has 1 aromatic heterocycles. The number of nitrogens with zero attached hydrogens (tertiary/aromatic N) is 1. The number of H-pyrrole nitrogens is 1. The van der Waals surface area contributed by atoms with Gasteiger partial charge in [-0.2, -0.15) is 0 Å². The molecule has 3 aliphatic rings. The molecule has 3 fully saturated rings. The number of likely N-dealkylation sites (N-methyl/N-ethyl adjacent to an activating group) is 1. The maximum absolute atomic E-state index is 13.3. The van der Waals surface area contributed by atoms with Crippen molar-refractivity contribution in [2.45, 2.75) is 68.7 Å². The third-order valence-corrected chi connectivity index (χ3v) is 12.3. The van der Waals surface area contributed by atoms with Crippen LogP contribution in [-0.4, -0.2) is 82.7 Å². The maximum atomic E-state index is 13.3. The molecule has 3 aliphatic heterocycles. The Kier molecular flexibility index (Phi) is 10.5. The van der Waals surface area contributed by atoms with Crippen molar-refractivity contribution in [3.05, 3.63) is 123 Å². The number of anilines is 2. The summed E-state index contributed by atoms with van der Waals surface area (Å²) in [6.07, 6.45) is 1.28. The number of morpholine rings is 1. The predicted molar refractivity (Wildman–Crippen MR) is 217 cm³/mol. The molecule has 3 saturated heterocycles. The summed E-state index contributed by atoms with van der Waals surface area (Å²) in [5.74, 6) is -0.215. The van der Waals surface area contributed by atoms with Gasteiger partial charge in [0.05, 0.1) is 37.1 Å². The van der Waals surface area contributed by atoms with Gasteiger partial charge in [0.15, 0.2) is 0 Å². The number of aromatic nitrogens is 1. The Morgan fingerprint density at radius 3 is 2.43 bits per heavy atom. The van der Waals surface area contributed by atoms with E-state index in [0.717, 1.165) is 44.1 Å². The Labute approximate surface area is 332 Å². The number of amides is 2. The summed E-state index contributed by atoms with van der Waals surface area (Å²) in [6.45, 7) is 0.685. The van der Waals surface area contributed by atoms with Gasteiger partial charge in [-0.25, -0.2) is 4.79 Å². The van der Waals surface area contributed by atoms with E-state index in [1.807, 2.05) is 66.7 Å². The summed E-state index contributed by atoms with van der Waals surface area (Å²) in [6, 6.07) is 28.1. The molecule has 6 atom stereocenters. The zero-order valence-corrected chi connectivity index (χ0v) is 32.7. The summed E-state index contributed by atoms with van der Waals surface area (Å²) in [4.78, 5) is 40.8. The Morgan fingerprint density at radius 2 is 1.68 bits per heavy atom. The highest BCUT2D eigenvalue weighted by Gasteiger charge is 2.70. The average Bonchev–Trinajstić information content (AvgIpc) is 3.95. The number of benzene rings is 4. The van der Waals surface area contributed by atoms with Crippen molar-refractivity contribution in [1.82, 2.24) is 10.3 Å². The van der Waals surface area contributed by atoms with Crippen molar-refractivity contribution in [2.75, 3.05) is 31.3 Å². The Hall–Kier alpha value is -5.05. The molecule has 2 amide bonds. The normalized spacial score (nSPS) is 22.2. The number of halogens is 1. The first-order chi connectivity index (χ1) is 26.9. The van der Waals surface area contributed by atoms with Gasteiger partial charge in [0.2, 0.25) is 11.5 Å². The molecular formula is C43H45BrN5O7+. The number of epoxide rings is 1. The lowest BCUT2D eigenvalue weighted by Gasteiger charge is -2.45. The highest BCUT2D eigenvalue weighted by Crippen LogP contribution is 2.51. The van der Waals surface area contributed by atoms with Gasteiger partial charge >= 0.3 is 6.09 Å². The molecule has 56 heavy (non-hydrogen) atoms.